The third-order valence-electron chi connectivity index (χ3n) is 15.3. The first-order valence-corrected chi connectivity index (χ1v) is 20.0. The number of fused-ring (bicyclic) bond motifs is 2. The monoisotopic (exact) mass is 642 g/mol. The minimum atomic E-state index is 0.405. The number of nitrogens with zero attached hydrogens (tertiary/aromatic N) is 2. The number of imidazole rings is 2. The van der Waals surface area contributed by atoms with Crippen molar-refractivity contribution in [3.05, 3.63) is 59.2 Å². The number of aromatic amines is 2. The van der Waals surface area contributed by atoms with Gasteiger partial charge >= 0.3 is 0 Å². The van der Waals surface area contributed by atoms with Crippen molar-refractivity contribution in [1.82, 2.24) is 30.6 Å². The Hall–Kier alpha value is -2.70. The molecule has 0 radical (unpaired) electrons. The van der Waals surface area contributed by atoms with Gasteiger partial charge in [0.1, 0.15) is 11.6 Å². The molecule has 2 aromatic heterocycles. The topological polar surface area (TPSA) is 81.4 Å². The number of hydrogen-bond donors (Lipinski definition) is 4. The van der Waals surface area contributed by atoms with Crippen LogP contribution in [0.15, 0.2) is 36.4 Å². The van der Waals surface area contributed by atoms with Crippen LogP contribution in [0.4, 0.5) is 0 Å². The third-order valence-corrected chi connectivity index (χ3v) is 15.3. The fourth-order valence-corrected chi connectivity index (χ4v) is 11.8. The molecule has 4 bridgehead atoms. The molecule has 2 saturated heterocycles. The fraction of sp³-hybridized carbons (Fsp3) is 0.667. The summed E-state index contributed by atoms with van der Waals surface area (Å²) in [6, 6.07) is 15.4. The molecule has 252 valence electrons. The van der Waals surface area contributed by atoms with Crippen LogP contribution in [0.2, 0.25) is 0 Å². The highest BCUT2D eigenvalue weighted by Crippen LogP contribution is 2.56. The van der Waals surface area contributed by atoms with Gasteiger partial charge in [-0.05, 0) is 159 Å². The molecule has 0 amide bonds. The first kappa shape index (κ1) is 29.1. The zero-order valence-electron chi connectivity index (χ0n) is 28.7. The van der Waals surface area contributed by atoms with E-state index in [1.165, 1.54) is 144 Å². The number of nitrogens with one attached hydrogen (secondary N) is 4. The van der Waals surface area contributed by atoms with Gasteiger partial charge < -0.3 is 20.6 Å². The molecule has 2 spiro atoms. The molecule has 10 aliphatic rings. The van der Waals surface area contributed by atoms with E-state index in [1.807, 2.05) is 0 Å². The third kappa shape index (κ3) is 5.10. The predicted molar refractivity (Wildman–Crippen MR) is 192 cm³/mol. The van der Waals surface area contributed by atoms with Gasteiger partial charge in [0.05, 0.1) is 34.2 Å². The van der Waals surface area contributed by atoms with Crippen LogP contribution in [0.1, 0.15) is 149 Å². The van der Waals surface area contributed by atoms with E-state index in [2.05, 4.69) is 57.0 Å². The van der Waals surface area contributed by atoms with Gasteiger partial charge in [0, 0.05) is 13.1 Å². The molecule has 8 atom stereocenters. The van der Waals surface area contributed by atoms with E-state index in [1.54, 1.807) is 11.1 Å². The van der Waals surface area contributed by atoms with Crippen LogP contribution in [-0.2, 0) is 0 Å². The minimum absolute atomic E-state index is 0.405. The summed E-state index contributed by atoms with van der Waals surface area (Å²) in [5.74, 6) is 7.09. The van der Waals surface area contributed by atoms with Gasteiger partial charge in [-0.3, -0.25) is 0 Å². The molecule has 6 nitrogen and oxygen atoms in total. The Morgan fingerprint density at radius 2 is 1.06 bits per heavy atom. The molecule has 2 aliphatic heterocycles. The van der Waals surface area contributed by atoms with Crippen LogP contribution in [0.25, 0.3) is 22.1 Å². The average molecular weight is 643 g/mol. The second-order valence-corrected chi connectivity index (χ2v) is 18.3. The van der Waals surface area contributed by atoms with Gasteiger partial charge in [-0.2, -0.15) is 0 Å². The Kier molecular flexibility index (Phi) is 6.60. The maximum absolute atomic E-state index is 5.20. The van der Waals surface area contributed by atoms with Crippen molar-refractivity contribution < 1.29 is 0 Å². The van der Waals surface area contributed by atoms with Crippen molar-refractivity contribution >= 4 is 22.1 Å². The van der Waals surface area contributed by atoms with Crippen molar-refractivity contribution in [2.45, 2.75) is 127 Å². The lowest BCUT2D eigenvalue weighted by atomic mass is 9.63. The molecule has 3 unspecified atom stereocenters. The molecule has 4 aromatic rings. The Morgan fingerprint density at radius 1 is 0.542 bits per heavy atom. The van der Waals surface area contributed by atoms with Crippen LogP contribution in [0.5, 0.6) is 0 Å². The average Bonchev–Trinajstić information content (AvgIpc) is 3.72. The van der Waals surface area contributed by atoms with Crippen molar-refractivity contribution in [1.29, 1.82) is 0 Å². The van der Waals surface area contributed by atoms with Gasteiger partial charge in [0.2, 0.25) is 0 Å². The summed E-state index contributed by atoms with van der Waals surface area (Å²) < 4.78 is 0. The van der Waals surface area contributed by atoms with Gasteiger partial charge in [-0.15, -0.1) is 0 Å². The second-order valence-electron chi connectivity index (χ2n) is 18.3. The summed E-state index contributed by atoms with van der Waals surface area (Å²) >= 11 is 0. The van der Waals surface area contributed by atoms with Gasteiger partial charge in [0.15, 0.2) is 0 Å². The summed E-state index contributed by atoms with van der Waals surface area (Å²) in [6.07, 6.45) is 22.2. The van der Waals surface area contributed by atoms with Crippen LogP contribution in [0.3, 0.4) is 0 Å². The summed E-state index contributed by atoms with van der Waals surface area (Å²) in [7, 11) is 0. The molecule has 6 heteroatoms. The fourth-order valence-electron chi connectivity index (χ4n) is 11.8. The second kappa shape index (κ2) is 10.9. The van der Waals surface area contributed by atoms with Gasteiger partial charge in [0.25, 0.3) is 0 Å². The molecule has 48 heavy (non-hydrogen) atoms. The molecule has 10 fully saturated rings. The van der Waals surface area contributed by atoms with Crippen LogP contribution < -0.4 is 10.6 Å². The van der Waals surface area contributed by atoms with Crippen molar-refractivity contribution in [2.75, 3.05) is 13.1 Å². The van der Waals surface area contributed by atoms with Crippen molar-refractivity contribution in [3.63, 3.8) is 0 Å². The zero-order valence-corrected chi connectivity index (χ0v) is 28.7. The Labute approximate surface area is 285 Å². The summed E-state index contributed by atoms with van der Waals surface area (Å²) in [6.45, 7) is 2.35. The normalized spacial score (nSPS) is 36.7. The molecular formula is C42H54N6. The number of hydrogen-bond acceptors (Lipinski definition) is 4. The molecular weight excluding hydrogens is 589 g/mol. The standard InChI is InChI=1S/C42H54N6/c1-5-27-8-4-26-2-6-28(32(18-26)30-10-12-34-36(20-30)48-40(46-34)38-22-42(15-16-42)24-44-38)7-3-25(1)17-31(27)29-9-11-33-35(19-29)47-39(45-33)37-21-41(13-14-41)23-43-37/h9-12,19-20,25-28,31-32,37-38,43-44H,1-8,13-18,21-24H2,(H,45,47)(H,46,48)/t25-,26-,27+,28+,31?,32?,37-,38?/m0/s1. The van der Waals surface area contributed by atoms with Crippen LogP contribution in [0, 0.1) is 34.5 Å². The SMILES string of the molecule is c1cc2[nH]c([C@@H]3CC4(CC4)CN3)nc2cc1C1C[C@H]2CC[C@@H]1CC[C@@H]1CC[C@H](CC2)C(c2ccc3nc(C4CC5(CC5)CN4)[nH]c3c2)C1. The Bertz CT molecular complexity index is 1710. The molecule has 4 N–H and O–H groups in total. The summed E-state index contributed by atoms with van der Waals surface area (Å²) in [5.41, 5.74) is 9.16. The maximum Gasteiger partial charge on any atom is 0.124 e. The minimum Gasteiger partial charge on any atom is -0.341 e. The number of aromatic nitrogens is 4. The van der Waals surface area contributed by atoms with Crippen molar-refractivity contribution in [3.8, 4) is 0 Å². The highest BCUT2D eigenvalue weighted by atomic mass is 15.1. The zero-order chi connectivity index (χ0) is 31.5. The first-order chi connectivity index (χ1) is 23.6. The highest BCUT2D eigenvalue weighted by molar-refractivity contribution is 5.77. The van der Waals surface area contributed by atoms with Gasteiger partial charge in [-0.25, -0.2) is 9.97 Å². The lowest BCUT2D eigenvalue weighted by Gasteiger charge is -2.42. The van der Waals surface area contributed by atoms with Crippen LogP contribution in [-0.4, -0.2) is 33.0 Å². The van der Waals surface area contributed by atoms with Crippen molar-refractivity contribution in [2.24, 2.45) is 34.5 Å². The first-order valence-electron chi connectivity index (χ1n) is 20.0. The smallest absolute Gasteiger partial charge is 0.124 e. The highest BCUT2D eigenvalue weighted by Gasteiger charge is 2.50. The van der Waals surface area contributed by atoms with E-state index >= 15 is 0 Å². The largest absolute Gasteiger partial charge is 0.341 e. The molecule has 8 aliphatic carbocycles. The van der Waals surface area contributed by atoms with E-state index in [9.17, 15) is 0 Å². The number of H-pyrrole nitrogens is 2. The number of benzene rings is 2. The van der Waals surface area contributed by atoms with E-state index in [0.29, 0.717) is 34.7 Å². The van der Waals surface area contributed by atoms with E-state index in [4.69, 9.17) is 9.97 Å². The lowest BCUT2D eigenvalue weighted by molar-refractivity contribution is 0.145. The van der Waals surface area contributed by atoms with E-state index in [0.717, 1.165) is 29.2 Å². The molecule has 8 saturated carbocycles. The lowest BCUT2D eigenvalue weighted by Crippen LogP contribution is -2.29. The molecule has 4 heterocycles. The maximum atomic E-state index is 5.20. The van der Waals surface area contributed by atoms with Gasteiger partial charge in [-0.1, -0.05) is 37.8 Å². The van der Waals surface area contributed by atoms with Crippen LogP contribution >= 0.6 is 0 Å². The number of rotatable bonds is 4. The predicted octanol–water partition coefficient (Wildman–Crippen LogP) is 9.34. The quantitative estimate of drug-likeness (QED) is 0.179. The van der Waals surface area contributed by atoms with E-state index in [-0.39, 0.29) is 0 Å². The Morgan fingerprint density at radius 3 is 1.62 bits per heavy atom. The summed E-state index contributed by atoms with van der Waals surface area (Å²) in [5, 5.41) is 7.55. The molecule has 2 aromatic carbocycles. The Balaban J connectivity index is 0.818. The van der Waals surface area contributed by atoms with E-state index < -0.39 is 0 Å². The molecule has 14 rings (SSSR count). The summed E-state index contributed by atoms with van der Waals surface area (Å²) in [4.78, 5) is 17.8.